The van der Waals surface area contributed by atoms with E-state index in [4.69, 9.17) is 9.47 Å². The lowest BCUT2D eigenvalue weighted by molar-refractivity contribution is 0.226. The van der Waals surface area contributed by atoms with Gasteiger partial charge in [-0.1, -0.05) is 23.9 Å². The summed E-state index contributed by atoms with van der Waals surface area (Å²) >= 11 is 1.54. The van der Waals surface area contributed by atoms with Crippen molar-refractivity contribution in [1.82, 2.24) is 15.3 Å². The van der Waals surface area contributed by atoms with Crippen LogP contribution in [0, 0.1) is 0 Å². The first-order chi connectivity index (χ1) is 10.8. The average Bonchev–Trinajstić information content (AvgIpc) is 2.59. The molecule has 0 spiro atoms. The summed E-state index contributed by atoms with van der Waals surface area (Å²) in [6.07, 6.45) is 6.63. The SMILES string of the molecule is COc1cccc2c1OCC(NCc1cnc(SC)nc1)C2. The Morgan fingerprint density at radius 2 is 2.18 bits per heavy atom. The molecule has 0 radical (unpaired) electrons. The van der Waals surface area contributed by atoms with Gasteiger partial charge in [0.1, 0.15) is 6.61 Å². The molecule has 0 bridgehead atoms. The van der Waals surface area contributed by atoms with E-state index < -0.39 is 0 Å². The molecule has 2 heterocycles. The molecule has 0 saturated carbocycles. The molecule has 1 N–H and O–H groups in total. The van der Waals surface area contributed by atoms with Crippen molar-refractivity contribution >= 4 is 11.8 Å². The van der Waals surface area contributed by atoms with E-state index in [0.717, 1.165) is 35.2 Å². The van der Waals surface area contributed by atoms with Crippen LogP contribution in [0.1, 0.15) is 11.1 Å². The fraction of sp³-hybridized carbons (Fsp3) is 0.375. The molecule has 1 unspecified atom stereocenters. The monoisotopic (exact) mass is 317 g/mol. The molecule has 1 aliphatic rings. The van der Waals surface area contributed by atoms with Gasteiger partial charge in [-0.05, 0) is 24.3 Å². The number of aromatic nitrogens is 2. The summed E-state index contributed by atoms with van der Waals surface area (Å²) in [4.78, 5) is 8.57. The standard InChI is InChI=1S/C16H19N3O2S/c1-20-14-5-3-4-12-6-13(10-21-15(12)14)17-7-11-8-18-16(22-2)19-9-11/h3-5,8-9,13,17H,6-7,10H2,1-2H3. The zero-order chi connectivity index (χ0) is 15.4. The maximum Gasteiger partial charge on any atom is 0.187 e. The maximum absolute atomic E-state index is 5.86. The van der Waals surface area contributed by atoms with E-state index in [0.29, 0.717) is 6.61 Å². The third-order valence-electron chi connectivity index (χ3n) is 3.63. The Balaban J connectivity index is 1.60. The first kappa shape index (κ1) is 15.1. The van der Waals surface area contributed by atoms with Crippen molar-refractivity contribution < 1.29 is 9.47 Å². The summed E-state index contributed by atoms with van der Waals surface area (Å²) in [7, 11) is 1.67. The summed E-state index contributed by atoms with van der Waals surface area (Å²) in [5, 5.41) is 4.30. The van der Waals surface area contributed by atoms with Crippen LogP contribution < -0.4 is 14.8 Å². The Morgan fingerprint density at radius 3 is 2.91 bits per heavy atom. The van der Waals surface area contributed by atoms with E-state index in [1.54, 1.807) is 18.9 Å². The highest BCUT2D eigenvalue weighted by Gasteiger charge is 2.22. The molecule has 6 heteroatoms. The van der Waals surface area contributed by atoms with Crippen molar-refractivity contribution in [2.45, 2.75) is 24.2 Å². The van der Waals surface area contributed by atoms with E-state index >= 15 is 0 Å². The number of nitrogens with zero attached hydrogens (tertiary/aromatic N) is 2. The largest absolute Gasteiger partial charge is 0.493 e. The van der Waals surface area contributed by atoms with Gasteiger partial charge in [-0.25, -0.2) is 9.97 Å². The number of hydrogen-bond acceptors (Lipinski definition) is 6. The van der Waals surface area contributed by atoms with Crippen LogP contribution in [0.4, 0.5) is 0 Å². The van der Waals surface area contributed by atoms with Crippen molar-refractivity contribution in [3.63, 3.8) is 0 Å². The molecule has 0 saturated heterocycles. The number of methoxy groups -OCH3 is 1. The molecule has 1 aliphatic heterocycles. The number of rotatable bonds is 5. The van der Waals surface area contributed by atoms with E-state index in [-0.39, 0.29) is 6.04 Å². The number of hydrogen-bond donors (Lipinski definition) is 1. The summed E-state index contributed by atoms with van der Waals surface area (Å²) < 4.78 is 11.2. The van der Waals surface area contributed by atoms with Crippen LogP contribution in [0.3, 0.4) is 0 Å². The number of benzene rings is 1. The van der Waals surface area contributed by atoms with Crippen LogP contribution in [0.5, 0.6) is 11.5 Å². The normalized spacial score (nSPS) is 16.7. The van der Waals surface area contributed by atoms with Gasteiger partial charge in [-0.2, -0.15) is 0 Å². The van der Waals surface area contributed by atoms with Gasteiger partial charge >= 0.3 is 0 Å². The molecular formula is C16H19N3O2S. The van der Waals surface area contributed by atoms with Crippen molar-refractivity contribution in [2.75, 3.05) is 20.0 Å². The molecule has 1 aromatic carbocycles. The van der Waals surface area contributed by atoms with Crippen LogP contribution in [0.25, 0.3) is 0 Å². The van der Waals surface area contributed by atoms with Gasteiger partial charge in [0.15, 0.2) is 16.7 Å². The van der Waals surface area contributed by atoms with Crippen molar-refractivity contribution in [3.05, 3.63) is 41.7 Å². The van der Waals surface area contributed by atoms with Crippen molar-refractivity contribution in [1.29, 1.82) is 0 Å². The highest BCUT2D eigenvalue weighted by Crippen LogP contribution is 2.34. The van der Waals surface area contributed by atoms with Crippen LogP contribution >= 0.6 is 11.8 Å². The number of para-hydroxylation sites is 1. The third-order valence-corrected chi connectivity index (χ3v) is 4.21. The van der Waals surface area contributed by atoms with Crippen LogP contribution in [0.2, 0.25) is 0 Å². The first-order valence-electron chi connectivity index (χ1n) is 7.17. The zero-order valence-corrected chi connectivity index (χ0v) is 13.5. The van der Waals surface area contributed by atoms with Crippen LogP contribution in [-0.4, -0.2) is 36.0 Å². The second-order valence-electron chi connectivity index (χ2n) is 5.12. The Kier molecular flexibility index (Phi) is 4.80. The zero-order valence-electron chi connectivity index (χ0n) is 12.7. The van der Waals surface area contributed by atoms with E-state index in [9.17, 15) is 0 Å². The molecule has 5 nitrogen and oxygen atoms in total. The molecule has 3 rings (SSSR count). The number of fused-ring (bicyclic) bond motifs is 1. The van der Waals surface area contributed by atoms with E-state index in [1.807, 2.05) is 30.8 Å². The highest BCUT2D eigenvalue weighted by molar-refractivity contribution is 7.98. The summed E-state index contributed by atoms with van der Waals surface area (Å²) in [5.41, 5.74) is 2.26. The van der Waals surface area contributed by atoms with Crippen LogP contribution in [-0.2, 0) is 13.0 Å². The topological polar surface area (TPSA) is 56.3 Å². The van der Waals surface area contributed by atoms with Gasteiger partial charge < -0.3 is 14.8 Å². The van der Waals surface area contributed by atoms with E-state index in [2.05, 4.69) is 21.4 Å². The lowest BCUT2D eigenvalue weighted by Crippen LogP contribution is -2.39. The molecule has 22 heavy (non-hydrogen) atoms. The number of ether oxygens (including phenoxy) is 2. The van der Waals surface area contributed by atoms with Gasteiger partial charge in [0.25, 0.3) is 0 Å². The van der Waals surface area contributed by atoms with Crippen molar-refractivity contribution in [3.8, 4) is 11.5 Å². The highest BCUT2D eigenvalue weighted by atomic mass is 32.2. The number of nitrogens with one attached hydrogen (secondary N) is 1. The van der Waals surface area contributed by atoms with E-state index in [1.165, 1.54) is 5.56 Å². The second-order valence-corrected chi connectivity index (χ2v) is 5.89. The minimum atomic E-state index is 0.278. The first-order valence-corrected chi connectivity index (χ1v) is 8.39. The molecule has 1 atom stereocenters. The second kappa shape index (κ2) is 6.98. The third kappa shape index (κ3) is 3.34. The fourth-order valence-electron chi connectivity index (χ4n) is 2.49. The Morgan fingerprint density at radius 1 is 1.36 bits per heavy atom. The summed E-state index contributed by atoms with van der Waals surface area (Å²) in [5.74, 6) is 1.67. The van der Waals surface area contributed by atoms with Gasteiger partial charge in [0.2, 0.25) is 0 Å². The molecule has 116 valence electrons. The average molecular weight is 317 g/mol. The van der Waals surface area contributed by atoms with Gasteiger partial charge in [-0.3, -0.25) is 0 Å². The van der Waals surface area contributed by atoms with Crippen molar-refractivity contribution in [2.24, 2.45) is 0 Å². The smallest absolute Gasteiger partial charge is 0.187 e. The molecule has 2 aromatic rings. The van der Waals surface area contributed by atoms with Gasteiger partial charge in [0, 0.05) is 30.5 Å². The van der Waals surface area contributed by atoms with Gasteiger partial charge in [0.05, 0.1) is 7.11 Å². The quantitative estimate of drug-likeness (QED) is 0.674. The molecule has 0 amide bonds. The lowest BCUT2D eigenvalue weighted by Gasteiger charge is -2.27. The maximum atomic E-state index is 5.86. The number of thioether (sulfide) groups is 1. The molecule has 0 fully saturated rings. The minimum Gasteiger partial charge on any atom is -0.493 e. The van der Waals surface area contributed by atoms with Gasteiger partial charge in [-0.15, -0.1) is 0 Å². The predicted molar refractivity (Wildman–Crippen MR) is 86.6 cm³/mol. The Hall–Kier alpha value is -1.79. The van der Waals surface area contributed by atoms with Crippen LogP contribution in [0.15, 0.2) is 35.7 Å². The predicted octanol–water partition coefficient (Wildman–Crippen LogP) is 2.30. The fourth-order valence-corrected chi connectivity index (χ4v) is 2.80. The summed E-state index contributed by atoms with van der Waals surface area (Å²) in [6, 6.07) is 6.29. The molecule has 0 aliphatic carbocycles. The Bertz CT molecular complexity index is 634. The lowest BCUT2D eigenvalue weighted by atomic mass is 10.0. The molecule has 1 aromatic heterocycles. The summed E-state index contributed by atoms with van der Waals surface area (Å²) in [6.45, 7) is 1.37. The Labute approximate surface area is 134 Å². The minimum absolute atomic E-state index is 0.278. The molecular weight excluding hydrogens is 298 g/mol.